The second kappa shape index (κ2) is 9.69. The molecular weight excluding hydrogens is 386 g/mol. The van der Waals surface area contributed by atoms with E-state index in [-0.39, 0.29) is 31.7 Å². The third-order valence-electron chi connectivity index (χ3n) is 5.29. The number of ether oxygens (including phenoxy) is 1. The molecule has 0 saturated carbocycles. The average Bonchev–Trinajstić information content (AvgIpc) is 2.74. The number of rotatable bonds is 7. The Bertz CT molecular complexity index is 911. The van der Waals surface area contributed by atoms with Gasteiger partial charge in [0.1, 0.15) is 19.1 Å². The molecule has 1 saturated heterocycles. The summed E-state index contributed by atoms with van der Waals surface area (Å²) in [5, 5.41) is 3.12. The monoisotopic (exact) mass is 413 g/mol. The number of nitrogens with zero attached hydrogens (tertiary/aromatic N) is 3. The molecule has 0 radical (unpaired) electrons. The Kier molecular flexibility index (Phi) is 7.02. The molecule has 8 heteroatoms. The number of benzene rings is 2. The Morgan fingerprint density at radius 3 is 2.73 bits per heavy atom. The minimum atomic E-state index is -0.760. The summed E-state index contributed by atoms with van der Waals surface area (Å²) >= 11 is 0. The summed E-state index contributed by atoms with van der Waals surface area (Å²) in [6.45, 7) is 3.94. The molecule has 160 valence electrons. The van der Waals surface area contributed by atoms with Gasteiger partial charge in [0.15, 0.2) is 6.61 Å². The van der Waals surface area contributed by atoms with Gasteiger partial charge < -0.3 is 14.4 Å². The van der Waals surface area contributed by atoms with Gasteiger partial charge in [0, 0.05) is 12.6 Å². The van der Waals surface area contributed by atoms with Gasteiger partial charge in [-0.1, -0.05) is 42.5 Å². The molecule has 1 aliphatic heterocycles. The lowest BCUT2D eigenvalue weighted by Crippen LogP contribution is -2.63. The highest BCUT2D eigenvalue weighted by atomic mass is 16.7. The van der Waals surface area contributed by atoms with Gasteiger partial charge >= 0.3 is 6.09 Å². The van der Waals surface area contributed by atoms with Crippen molar-refractivity contribution in [1.29, 1.82) is 0 Å². The van der Waals surface area contributed by atoms with Crippen LogP contribution in [-0.2, 0) is 25.8 Å². The second-order valence-corrected chi connectivity index (χ2v) is 7.52. The number of carbonyl (C=O) groups is 3. The van der Waals surface area contributed by atoms with E-state index in [0.29, 0.717) is 12.8 Å². The third kappa shape index (κ3) is 4.77. The van der Waals surface area contributed by atoms with E-state index in [9.17, 15) is 14.4 Å². The quantitative estimate of drug-likeness (QED) is 0.649. The Morgan fingerprint density at radius 2 is 2.00 bits per heavy atom. The number of likely N-dealkylation sites (N-methyl/N-ethyl adjacent to an activating group) is 1. The Hall–Kier alpha value is -2.97. The molecule has 2 aromatic rings. The lowest BCUT2D eigenvalue weighted by Gasteiger charge is -2.42. The number of hydrogen-bond donors (Lipinski definition) is 0. The predicted octanol–water partition coefficient (Wildman–Crippen LogP) is 2.42. The number of hydrogen-bond acceptors (Lipinski definition) is 6. The van der Waals surface area contributed by atoms with Gasteiger partial charge in [0.2, 0.25) is 0 Å². The van der Waals surface area contributed by atoms with Crippen molar-refractivity contribution in [2.75, 3.05) is 26.7 Å². The normalized spacial score (nSPS) is 17.1. The molecule has 1 fully saturated rings. The van der Waals surface area contributed by atoms with Crippen molar-refractivity contribution in [3.63, 3.8) is 0 Å². The van der Waals surface area contributed by atoms with E-state index in [2.05, 4.69) is 0 Å². The van der Waals surface area contributed by atoms with Crippen LogP contribution in [0.5, 0.6) is 0 Å². The summed E-state index contributed by atoms with van der Waals surface area (Å²) in [5.74, 6) is -0.345. The van der Waals surface area contributed by atoms with Crippen LogP contribution in [0.25, 0.3) is 10.8 Å². The van der Waals surface area contributed by atoms with Gasteiger partial charge in [-0.3, -0.25) is 14.5 Å². The van der Waals surface area contributed by atoms with Crippen molar-refractivity contribution in [2.24, 2.45) is 0 Å². The molecular formula is C22H27N3O5. The highest BCUT2D eigenvalue weighted by molar-refractivity contribution is 5.86. The van der Waals surface area contributed by atoms with E-state index >= 15 is 0 Å². The summed E-state index contributed by atoms with van der Waals surface area (Å²) in [4.78, 5) is 45.0. The first-order chi connectivity index (χ1) is 14.4. The summed E-state index contributed by atoms with van der Waals surface area (Å²) in [6.07, 6.45) is -0.817. The van der Waals surface area contributed by atoms with Crippen molar-refractivity contribution in [3.8, 4) is 0 Å². The number of fused-ring (bicyclic) bond motifs is 1. The van der Waals surface area contributed by atoms with Gasteiger partial charge in [-0.05, 0) is 37.2 Å². The zero-order chi connectivity index (χ0) is 21.7. The number of aldehydes is 1. The van der Waals surface area contributed by atoms with E-state index in [1.165, 1.54) is 4.90 Å². The summed E-state index contributed by atoms with van der Waals surface area (Å²) in [6, 6.07) is 13.8. The fourth-order valence-corrected chi connectivity index (χ4v) is 3.33. The molecule has 1 heterocycles. The van der Waals surface area contributed by atoms with Crippen LogP contribution in [0.4, 0.5) is 4.79 Å². The maximum absolute atomic E-state index is 12.9. The van der Waals surface area contributed by atoms with Crippen molar-refractivity contribution in [2.45, 2.75) is 32.7 Å². The summed E-state index contributed by atoms with van der Waals surface area (Å²) in [5.41, 5.74) is 0.870. The molecule has 0 N–H and O–H groups in total. The van der Waals surface area contributed by atoms with Gasteiger partial charge in [0.05, 0.1) is 6.54 Å². The SMILES string of the molecule is CC(C)N(C)CC1N(CC=O)C(=O)CON1C(=O)OCc1cccc2ccccc12. The molecule has 8 nitrogen and oxygen atoms in total. The van der Waals surface area contributed by atoms with E-state index in [1.807, 2.05) is 68.3 Å². The first-order valence-electron chi connectivity index (χ1n) is 9.91. The smallest absolute Gasteiger partial charge is 0.436 e. The minimum Gasteiger partial charge on any atom is -0.443 e. The molecule has 0 aromatic heterocycles. The zero-order valence-corrected chi connectivity index (χ0v) is 17.5. The minimum absolute atomic E-state index is 0.0639. The largest absolute Gasteiger partial charge is 0.443 e. The molecule has 2 amide bonds. The molecule has 0 spiro atoms. The summed E-state index contributed by atoms with van der Waals surface area (Å²) < 4.78 is 5.53. The third-order valence-corrected chi connectivity index (χ3v) is 5.29. The molecule has 3 rings (SSSR count). The topological polar surface area (TPSA) is 79.4 Å². The zero-order valence-electron chi connectivity index (χ0n) is 17.5. The van der Waals surface area contributed by atoms with Gasteiger partial charge in [-0.25, -0.2) is 4.79 Å². The molecule has 1 atom stereocenters. The molecule has 0 aliphatic carbocycles. The van der Waals surface area contributed by atoms with Crippen molar-refractivity contribution >= 4 is 29.1 Å². The molecule has 0 bridgehead atoms. The van der Waals surface area contributed by atoms with Crippen molar-refractivity contribution in [1.82, 2.24) is 14.9 Å². The first-order valence-corrected chi connectivity index (χ1v) is 9.91. The lowest BCUT2D eigenvalue weighted by atomic mass is 10.1. The predicted molar refractivity (Wildman–Crippen MR) is 111 cm³/mol. The highest BCUT2D eigenvalue weighted by Gasteiger charge is 2.39. The van der Waals surface area contributed by atoms with E-state index < -0.39 is 12.3 Å². The fourth-order valence-electron chi connectivity index (χ4n) is 3.33. The van der Waals surface area contributed by atoms with Crippen LogP contribution in [0.15, 0.2) is 42.5 Å². The number of carbonyl (C=O) groups excluding carboxylic acids is 3. The fraction of sp³-hybridized carbons (Fsp3) is 0.409. The standard InChI is InChI=1S/C22H27N3O5/c1-16(2)23(3)13-20-24(11-12-26)21(27)15-30-25(20)22(28)29-14-18-9-6-8-17-7-4-5-10-19(17)18/h4-10,12,16,20H,11,13-15H2,1-3H3. The van der Waals surface area contributed by atoms with E-state index in [4.69, 9.17) is 9.57 Å². The van der Waals surface area contributed by atoms with Crippen molar-refractivity contribution in [3.05, 3.63) is 48.0 Å². The van der Waals surface area contributed by atoms with E-state index in [1.54, 1.807) is 0 Å². The van der Waals surface area contributed by atoms with Crippen LogP contribution in [0.2, 0.25) is 0 Å². The van der Waals surface area contributed by atoms with Gasteiger partial charge in [0.25, 0.3) is 5.91 Å². The Morgan fingerprint density at radius 1 is 1.27 bits per heavy atom. The summed E-state index contributed by atoms with van der Waals surface area (Å²) in [7, 11) is 1.88. The van der Waals surface area contributed by atoms with Crippen LogP contribution in [0, 0.1) is 0 Å². The van der Waals surface area contributed by atoms with Crippen LogP contribution in [-0.4, -0.2) is 72.1 Å². The highest BCUT2D eigenvalue weighted by Crippen LogP contribution is 2.21. The van der Waals surface area contributed by atoms with Crippen LogP contribution in [0.3, 0.4) is 0 Å². The average molecular weight is 413 g/mol. The van der Waals surface area contributed by atoms with Crippen LogP contribution in [0.1, 0.15) is 19.4 Å². The second-order valence-electron chi connectivity index (χ2n) is 7.52. The van der Waals surface area contributed by atoms with Crippen LogP contribution >= 0.6 is 0 Å². The number of hydroxylamine groups is 2. The Balaban J connectivity index is 1.77. The molecule has 1 unspecified atom stereocenters. The van der Waals surface area contributed by atoms with Crippen molar-refractivity contribution < 1.29 is 24.0 Å². The van der Waals surface area contributed by atoms with Crippen LogP contribution < -0.4 is 0 Å². The Labute approximate surface area is 175 Å². The first kappa shape index (κ1) is 21.7. The maximum Gasteiger partial charge on any atom is 0.436 e. The van der Waals surface area contributed by atoms with E-state index in [0.717, 1.165) is 21.4 Å². The molecule has 30 heavy (non-hydrogen) atoms. The van der Waals surface area contributed by atoms with Gasteiger partial charge in [-0.15, -0.1) is 0 Å². The van der Waals surface area contributed by atoms with Gasteiger partial charge in [-0.2, -0.15) is 5.06 Å². The number of amides is 2. The molecule has 1 aliphatic rings. The molecule has 2 aromatic carbocycles. The lowest BCUT2D eigenvalue weighted by molar-refractivity contribution is -0.230. The maximum atomic E-state index is 12.9.